The summed E-state index contributed by atoms with van der Waals surface area (Å²) < 4.78 is 6.50. The molecule has 0 spiro atoms. The van der Waals surface area contributed by atoms with E-state index in [1.807, 2.05) is 20.8 Å². The third kappa shape index (κ3) is 2.34. The highest BCUT2D eigenvalue weighted by atomic mass is 127. The van der Waals surface area contributed by atoms with E-state index in [4.69, 9.17) is 4.74 Å². The zero-order chi connectivity index (χ0) is 14.7. The van der Waals surface area contributed by atoms with Crippen molar-refractivity contribution >= 4 is 28.7 Å². The number of nitrogens with one attached hydrogen (secondary N) is 1. The van der Waals surface area contributed by atoms with Gasteiger partial charge in [0.05, 0.1) is 22.0 Å². The van der Waals surface area contributed by atoms with Gasteiger partial charge in [0, 0.05) is 5.92 Å². The molecule has 1 saturated heterocycles. The molecule has 1 aromatic heterocycles. The van der Waals surface area contributed by atoms with Crippen LogP contribution in [0.5, 0.6) is 0 Å². The normalized spacial score (nSPS) is 28.5. The van der Waals surface area contributed by atoms with Crippen LogP contribution in [0, 0.1) is 9.62 Å². The molecule has 1 saturated carbocycles. The number of fused-ring (bicyclic) bond motifs is 1. The predicted molar refractivity (Wildman–Crippen MR) is 83.2 cm³/mol. The van der Waals surface area contributed by atoms with Gasteiger partial charge in [-0.25, -0.2) is 9.78 Å². The standard InChI is InChI=1S/C14H18IN3O2/c1-7-8-5-9(12-16-6-10(15)17-12)18(11(7)8)13(19)20-14(2,3)4/h6,8-9,11H,1,5H2,2-4H3,(H,16,17)/t8-,9-,11+/m0/s1. The third-order valence-electron chi connectivity index (χ3n) is 3.73. The minimum Gasteiger partial charge on any atom is -0.444 e. The number of H-pyrrole nitrogens is 1. The van der Waals surface area contributed by atoms with E-state index in [1.54, 1.807) is 11.1 Å². The van der Waals surface area contributed by atoms with Crippen LogP contribution in [-0.2, 0) is 4.74 Å². The Morgan fingerprint density at radius 1 is 1.60 bits per heavy atom. The monoisotopic (exact) mass is 387 g/mol. The lowest BCUT2D eigenvalue weighted by Gasteiger charge is -2.29. The molecular formula is C14H18IN3O2. The van der Waals surface area contributed by atoms with Crippen LogP contribution in [0.1, 0.15) is 39.1 Å². The number of piperidine rings is 1. The molecule has 3 atom stereocenters. The Kier molecular flexibility index (Phi) is 3.11. The molecule has 1 aliphatic carbocycles. The summed E-state index contributed by atoms with van der Waals surface area (Å²) in [6, 6.07) is 0.0893. The largest absolute Gasteiger partial charge is 0.444 e. The number of nitrogens with zero attached hydrogens (tertiary/aromatic N) is 2. The van der Waals surface area contributed by atoms with E-state index in [0.29, 0.717) is 5.92 Å². The van der Waals surface area contributed by atoms with Crippen LogP contribution in [0.2, 0.25) is 0 Å². The first-order valence-electron chi connectivity index (χ1n) is 6.68. The number of hydrogen-bond donors (Lipinski definition) is 1. The van der Waals surface area contributed by atoms with Crippen LogP contribution in [0.4, 0.5) is 4.79 Å². The van der Waals surface area contributed by atoms with Crippen molar-refractivity contribution < 1.29 is 9.53 Å². The van der Waals surface area contributed by atoms with E-state index >= 15 is 0 Å². The van der Waals surface area contributed by atoms with Crippen molar-refractivity contribution in [1.29, 1.82) is 0 Å². The molecule has 1 amide bonds. The van der Waals surface area contributed by atoms with Crippen molar-refractivity contribution in [3.05, 3.63) is 27.9 Å². The maximum atomic E-state index is 12.5. The van der Waals surface area contributed by atoms with E-state index in [1.165, 1.54) is 0 Å². The van der Waals surface area contributed by atoms with Gasteiger partial charge >= 0.3 is 6.09 Å². The summed E-state index contributed by atoms with van der Waals surface area (Å²) in [7, 11) is 0. The Hall–Kier alpha value is -1.05. The number of imidazole rings is 1. The predicted octanol–water partition coefficient (Wildman–Crippen LogP) is 3.25. The van der Waals surface area contributed by atoms with Crippen molar-refractivity contribution in [3.63, 3.8) is 0 Å². The van der Waals surface area contributed by atoms with Gasteiger partial charge in [0.2, 0.25) is 0 Å². The van der Waals surface area contributed by atoms with Crippen LogP contribution in [0.15, 0.2) is 18.3 Å². The summed E-state index contributed by atoms with van der Waals surface area (Å²) in [6.45, 7) is 9.67. The maximum Gasteiger partial charge on any atom is 0.411 e. The van der Waals surface area contributed by atoms with Gasteiger partial charge in [-0.3, -0.25) is 4.90 Å². The quantitative estimate of drug-likeness (QED) is 0.595. The van der Waals surface area contributed by atoms with Gasteiger partial charge in [0.15, 0.2) is 0 Å². The second-order valence-electron chi connectivity index (χ2n) is 6.38. The Balaban J connectivity index is 1.84. The Morgan fingerprint density at radius 2 is 2.30 bits per heavy atom. The number of rotatable bonds is 1. The maximum absolute atomic E-state index is 12.5. The first-order chi connectivity index (χ1) is 9.28. The average Bonchev–Trinajstić information content (AvgIpc) is 2.73. The van der Waals surface area contributed by atoms with Crippen LogP contribution in [0.25, 0.3) is 0 Å². The lowest BCUT2D eigenvalue weighted by atomic mass is 10.1. The Bertz CT molecular complexity index is 575. The molecule has 1 aromatic rings. The Morgan fingerprint density at radius 3 is 2.85 bits per heavy atom. The molecule has 1 N–H and O–H groups in total. The van der Waals surface area contributed by atoms with E-state index in [2.05, 4.69) is 39.1 Å². The summed E-state index contributed by atoms with van der Waals surface area (Å²) in [5.74, 6) is 1.23. The van der Waals surface area contributed by atoms with Crippen molar-refractivity contribution in [2.24, 2.45) is 5.92 Å². The molecule has 20 heavy (non-hydrogen) atoms. The van der Waals surface area contributed by atoms with Gasteiger partial charge < -0.3 is 9.72 Å². The summed E-state index contributed by atoms with van der Waals surface area (Å²) in [5.41, 5.74) is 0.640. The van der Waals surface area contributed by atoms with E-state index in [-0.39, 0.29) is 18.2 Å². The van der Waals surface area contributed by atoms with E-state index in [0.717, 1.165) is 21.5 Å². The first-order valence-corrected chi connectivity index (χ1v) is 7.76. The van der Waals surface area contributed by atoms with E-state index in [9.17, 15) is 4.79 Å². The summed E-state index contributed by atoms with van der Waals surface area (Å²) in [4.78, 5) is 21.8. The molecule has 6 heteroatoms. The number of aromatic nitrogens is 2. The van der Waals surface area contributed by atoms with Crippen LogP contribution in [0.3, 0.4) is 0 Å². The van der Waals surface area contributed by atoms with Gasteiger partial charge in [-0.1, -0.05) is 6.58 Å². The third-order valence-corrected chi connectivity index (χ3v) is 4.27. The molecule has 108 valence electrons. The van der Waals surface area contributed by atoms with Crippen molar-refractivity contribution in [2.75, 3.05) is 0 Å². The Labute approximate surface area is 131 Å². The zero-order valence-corrected chi connectivity index (χ0v) is 14.0. The van der Waals surface area contributed by atoms with Gasteiger partial charge in [-0.15, -0.1) is 0 Å². The molecule has 0 radical (unpaired) electrons. The van der Waals surface area contributed by atoms with Crippen LogP contribution >= 0.6 is 22.6 Å². The molecule has 0 aromatic carbocycles. The van der Waals surface area contributed by atoms with Gasteiger partial charge in [-0.05, 0) is 55.4 Å². The topological polar surface area (TPSA) is 58.2 Å². The SMILES string of the molecule is C=C1[C@@H]2[C@H]1C[C@@H](c1ncc(I)[nH]1)N2C(=O)OC(C)(C)C. The van der Waals surface area contributed by atoms with Crippen molar-refractivity contribution in [3.8, 4) is 0 Å². The fraction of sp³-hybridized carbons (Fsp3) is 0.571. The fourth-order valence-electron chi connectivity index (χ4n) is 2.84. The summed E-state index contributed by atoms with van der Waals surface area (Å²) >= 11 is 2.18. The average molecular weight is 387 g/mol. The minimum atomic E-state index is -0.493. The fourth-order valence-corrected chi connectivity index (χ4v) is 3.26. The van der Waals surface area contributed by atoms with Crippen LogP contribution in [-0.4, -0.2) is 32.6 Å². The molecule has 0 bridgehead atoms. The number of carbonyl (C=O) groups is 1. The number of amides is 1. The number of hydrogen-bond acceptors (Lipinski definition) is 3. The second-order valence-corrected chi connectivity index (χ2v) is 7.54. The number of ether oxygens (including phenoxy) is 1. The first kappa shape index (κ1) is 13.9. The van der Waals surface area contributed by atoms with Gasteiger partial charge in [0.1, 0.15) is 11.4 Å². The molecule has 0 unspecified atom stereocenters. The molecule has 5 nitrogen and oxygen atoms in total. The highest BCUT2D eigenvalue weighted by molar-refractivity contribution is 14.1. The van der Waals surface area contributed by atoms with Crippen LogP contribution < -0.4 is 0 Å². The molecule has 3 rings (SSSR count). The van der Waals surface area contributed by atoms with Crippen molar-refractivity contribution in [1.82, 2.24) is 14.9 Å². The summed E-state index contributed by atoms with van der Waals surface area (Å²) in [5, 5.41) is 0. The number of aromatic amines is 1. The van der Waals surface area contributed by atoms with Crippen molar-refractivity contribution in [2.45, 2.75) is 44.9 Å². The number of likely N-dealkylation sites (tertiary alicyclic amines) is 1. The lowest BCUT2D eigenvalue weighted by molar-refractivity contribution is 0.0188. The summed E-state index contributed by atoms with van der Waals surface area (Å²) in [6.07, 6.45) is 2.38. The minimum absolute atomic E-state index is 0.0335. The van der Waals surface area contributed by atoms with Gasteiger partial charge in [-0.2, -0.15) is 0 Å². The highest BCUT2D eigenvalue weighted by Crippen LogP contribution is 2.56. The van der Waals surface area contributed by atoms with E-state index < -0.39 is 5.60 Å². The second kappa shape index (κ2) is 4.47. The smallest absolute Gasteiger partial charge is 0.411 e. The molecule has 1 aliphatic heterocycles. The number of carbonyl (C=O) groups excluding carboxylic acids is 1. The zero-order valence-electron chi connectivity index (χ0n) is 11.8. The highest BCUT2D eigenvalue weighted by Gasteiger charge is 2.59. The molecule has 2 aliphatic rings. The molecular weight excluding hydrogens is 369 g/mol. The van der Waals surface area contributed by atoms with Gasteiger partial charge in [0.25, 0.3) is 0 Å². The lowest BCUT2D eigenvalue weighted by Crippen LogP contribution is -2.39. The molecule has 2 heterocycles. The molecule has 2 fully saturated rings. The number of halogens is 1.